The molecule has 0 aliphatic heterocycles. The van der Waals surface area contributed by atoms with Crippen LogP contribution in [0.1, 0.15) is 49.6 Å². The molecule has 7 heteroatoms. The van der Waals surface area contributed by atoms with E-state index in [9.17, 15) is 19.2 Å². The fourth-order valence-corrected chi connectivity index (χ4v) is 2.81. The number of carbonyl (C=O) groups excluding carboxylic acids is 3. The lowest BCUT2D eigenvalue weighted by Gasteiger charge is -2.15. The van der Waals surface area contributed by atoms with Crippen molar-refractivity contribution in [3.8, 4) is 0 Å². The van der Waals surface area contributed by atoms with Crippen LogP contribution in [0.25, 0.3) is 0 Å². The molecule has 2 aromatic rings. The van der Waals surface area contributed by atoms with Crippen LogP contribution < -0.4 is 10.9 Å². The standard InChI is InChI=1S/C18H16N2O5/c1-25-18(24)10-5-2-3-6-13(10)19-16(22)12-9-11-14(20-17(12)23)7-4-8-15(11)21/h2-3,5-6,9H,4,7-8H2,1H3,(H,19,22)(H,20,23). The number of anilines is 1. The number of Topliss-reactive ketones (excluding diaryl/α,β-unsaturated/α-hetero) is 1. The molecule has 0 atom stereocenters. The summed E-state index contributed by atoms with van der Waals surface area (Å²) in [5.41, 5.74) is 0.590. The van der Waals surface area contributed by atoms with Crippen LogP contribution >= 0.6 is 0 Å². The SMILES string of the molecule is COC(=O)c1ccccc1NC(=O)c1cc2c([nH]c1=O)CCCC2=O. The molecule has 0 radical (unpaired) electrons. The van der Waals surface area contributed by atoms with Gasteiger partial charge in [-0.15, -0.1) is 0 Å². The fourth-order valence-electron chi connectivity index (χ4n) is 2.81. The minimum absolute atomic E-state index is 0.0958. The van der Waals surface area contributed by atoms with E-state index in [1.165, 1.54) is 25.3 Å². The number of fused-ring (bicyclic) bond motifs is 1. The van der Waals surface area contributed by atoms with Crippen LogP contribution in [0.15, 0.2) is 35.1 Å². The van der Waals surface area contributed by atoms with Gasteiger partial charge in [-0.25, -0.2) is 4.79 Å². The van der Waals surface area contributed by atoms with E-state index in [4.69, 9.17) is 0 Å². The lowest BCUT2D eigenvalue weighted by atomic mass is 9.93. The fraction of sp³-hybridized carbons (Fsp3) is 0.222. The van der Waals surface area contributed by atoms with Gasteiger partial charge in [-0.05, 0) is 31.0 Å². The van der Waals surface area contributed by atoms with E-state index in [2.05, 4.69) is 15.0 Å². The van der Waals surface area contributed by atoms with Crippen molar-refractivity contribution in [2.75, 3.05) is 12.4 Å². The van der Waals surface area contributed by atoms with Crippen molar-refractivity contribution in [3.63, 3.8) is 0 Å². The zero-order valence-electron chi connectivity index (χ0n) is 13.5. The molecule has 1 heterocycles. The van der Waals surface area contributed by atoms with Crippen molar-refractivity contribution in [1.29, 1.82) is 0 Å². The molecule has 2 N–H and O–H groups in total. The third-order valence-electron chi connectivity index (χ3n) is 4.08. The Balaban J connectivity index is 1.95. The largest absolute Gasteiger partial charge is 0.465 e. The molecular formula is C18H16N2O5. The second-order valence-corrected chi connectivity index (χ2v) is 5.67. The quantitative estimate of drug-likeness (QED) is 0.831. The summed E-state index contributed by atoms with van der Waals surface area (Å²) in [5, 5.41) is 2.53. The van der Waals surface area contributed by atoms with Gasteiger partial charge in [0.05, 0.1) is 18.4 Å². The van der Waals surface area contributed by atoms with E-state index in [-0.39, 0.29) is 22.6 Å². The number of ketones is 1. The van der Waals surface area contributed by atoms with Gasteiger partial charge in [-0.2, -0.15) is 0 Å². The number of hydrogen-bond donors (Lipinski definition) is 2. The predicted molar refractivity (Wildman–Crippen MR) is 90.1 cm³/mol. The molecule has 0 bridgehead atoms. The maximum absolute atomic E-state index is 12.5. The third-order valence-corrected chi connectivity index (χ3v) is 4.08. The number of esters is 1. The molecule has 7 nitrogen and oxygen atoms in total. The van der Waals surface area contributed by atoms with Gasteiger partial charge in [0.1, 0.15) is 5.56 Å². The lowest BCUT2D eigenvalue weighted by Crippen LogP contribution is -2.28. The van der Waals surface area contributed by atoms with E-state index in [1.807, 2.05) is 0 Å². The first-order valence-electron chi connectivity index (χ1n) is 7.79. The molecule has 0 spiro atoms. The van der Waals surface area contributed by atoms with Gasteiger partial charge < -0.3 is 15.0 Å². The normalized spacial score (nSPS) is 13.1. The summed E-state index contributed by atoms with van der Waals surface area (Å²) in [7, 11) is 1.24. The molecule has 1 aliphatic carbocycles. The highest BCUT2D eigenvalue weighted by Crippen LogP contribution is 2.20. The van der Waals surface area contributed by atoms with Crippen LogP contribution in [-0.2, 0) is 11.2 Å². The zero-order valence-corrected chi connectivity index (χ0v) is 13.5. The molecule has 128 valence electrons. The number of pyridine rings is 1. The number of para-hydroxylation sites is 1. The Morgan fingerprint density at radius 3 is 2.64 bits per heavy atom. The van der Waals surface area contributed by atoms with Gasteiger partial charge in [0.25, 0.3) is 11.5 Å². The summed E-state index contributed by atoms with van der Waals surface area (Å²) in [6, 6.07) is 7.63. The van der Waals surface area contributed by atoms with Crippen molar-refractivity contribution < 1.29 is 19.1 Å². The van der Waals surface area contributed by atoms with Crippen LogP contribution in [0.4, 0.5) is 5.69 Å². The van der Waals surface area contributed by atoms with Crippen molar-refractivity contribution >= 4 is 23.3 Å². The Morgan fingerprint density at radius 2 is 1.88 bits per heavy atom. The Morgan fingerprint density at radius 1 is 1.12 bits per heavy atom. The Hall–Kier alpha value is -3.22. The first kappa shape index (κ1) is 16.6. The minimum atomic E-state index is -0.696. The summed E-state index contributed by atoms with van der Waals surface area (Å²) >= 11 is 0. The summed E-state index contributed by atoms with van der Waals surface area (Å²) < 4.78 is 4.67. The van der Waals surface area contributed by atoms with Gasteiger partial charge in [0.2, 0.25) is 0 Å². The Kier molecular flexibility index (Phi) is 4.47. The zero-order chi connectivity index (χ0) is 18.0. The first-order valence-corrected chi connectivity index (χ1v) is 7.79. The van der Waals surface area contributed by atoms with Gasteiger partial charge in [0, 0.05) is 17.7 Å². The molecule has 1 aliphatic rings. The number of aryl methyl sites for hydroxylation is 1. The second-order valence-electron chi connectivity index (χ2n) is 5.67. The topological polar surface area (TPSA) is 105 Å². The number of amides is 1. The highest BCUT2D eigenvalue weighted by Gasteiger charge is 2.23. The van der Waals surface area contributed by atoms with E-state index in [1.54, 1.807) is 12.1 Å². The Bertz CT molecular complexity index is 929. The summed E-state index contributed by atoms with van der Waals surface area (Å²) in [6.07, 6.45) is 1.68. The van der Waals surface area contributed by atoms with Crippen molar-refractivity contribution in [2.45, 2.75) is 19.3 Å². The molecule has 0 saturated heterocycles. The number of aromatic nitrogens is 1. The molecule has 25 heavy (non-hydrogen) atoms. The van der Waals surface area contributed by atoms with Crippen LogP contribution in [-0.4, -0.2) is 29.8 Å². The number of carbonyl (C=O) groups is 3. The molecular weight excluding hydrogens is 324 g/mol. The van der Waals surface area contributed by atoms with Gasteiger partial charge in [-0.1, -0.05) is 12.1 Å². The number of ether oxygens (including phenoxy) is 1. The lowest BCUT2D eigenvalue weighted by molar-refractivity contribution is 0.0601. The number of methoxy groups -OCH3 is 1. The molecule has 1 aromatic heterocycles. The van der Waals surface area contributed by atoms with Gasteiger partial charge >= 0.3 is 5.97 Å². The van der Waals surface area contributed by atoms with E-state index >= 15 is 0 Å². The summed E-state index contributed by atoms with van der Waals surface area (Å²) in [6.45, 7) is 0. The number of aromatic amines is 1. The van der Waals surface area contributed by atoms with E-state index < -0.39 is 17.4 Å². The van der Waals surface area contributed by atoms with E-state index in [0.29, 0.717) is 30.5 Å². The van der Waals surface area contributed by atoms with Crippen LogP contribution in [0.5, 0.6) is 0 Å². The number of hydrogen-bond acceptors (Lipinski definition) is 5. The highest BCUT2D eigenvalue weighted by atomic mass is 16.5. The van der Waals surface area contributed by atoms with E-state index in [0.717, 1.165) is 0 Å². The first-order chi connectivity index (χ1) is 12.0. The highest BCUT2D eigenvalue weighted by molar-refractivity contribution is 6.09. The summed E-state index contributed by atoms with van der Waals surface area (Å²) in [4.78, 5) is 51.1. The third kappa shape index (κ3) is 3.21. The molecule has 1 amide bonds. The summed E-state index contributed by atoms with van der Waals surface area (Å²) in [5.74, 6) is -1.40. The van der Waals surface area contributed by atoms with Crippen molar-refractivity contribution in [2.24, 2.45) is 0 Å². The number of benzene rings is 1. The van der Waals surface area contributed by atoms with Crippen LogP contribution in [0.3, 0.4) is 0 Å². The molecule has 0 saturated carbocycles. The second kappa shape index (κ2) is 6.72. The maximum atomic E-state index is 12.5. The van der Waals surface area contributed by atoms with Crippen molar-refractivity contribution in [3.05, 3.63) is 63.1 Å². The van der Waals surface area contributed by atoms with Crippen LogP contribution in [0.2, 0.25) is 0 Å². The average molecular weight is 340 g/mol. The molecule has 0 unspecified atom stereocenters. The number of H-pyrrole nitrogens is 1. The van der Waals surface area contributed by atoms with Crippen LogP contribution in [0, 0.1) is 0 Å². The molecule has 1 aromatic carbocycles. The minimum Gasteiger partial charge on any atom is -0.465 e. The maximum Gasteiger partial charge on any atom is 0.339 e. The molecule has 3 rings (SSSR count). The number of nitrogens with one attached hydrogen (secondary N) is 2. The van der Waals surface area contributed by atoms with Gasteiger partial charge in [-0.3, -0.25) is 14.4 Å². The monoisotopic (exact) mass is 340 g/mol. The van der Waals surface area contributed by atoms with Crippen molar-refractivity contribution in [1.82, 2.24) is 4.98 Å². The smallest absolute Gasteiger partial charge is 0.339 e. The predicted octanol–water partition coefficient (Wildman–Crippen LogP) is 1.93. The van der Waals surface area contributed by atoms with Gasteiger partial charge in [0.15, 0.2) is 5.78 Å². The molecule has 0 fully saturated rings. The Labute approximate surface area is 143 Å². The number of rotatable bonds is 3. The average Bonchev–Trinajstić information content (AvgIpc) is 2.61.